The summed E-state index contributed by atoms with van der Waals surface area (Å²) in [6.45, 7) is 8.49. The van der Waals surface area contributed by atoms with Gasteiger partial charge in [-0.1, -0.05) is 19.0 Å². The first kappa shape index (κ1) is 22.7. The Labute approximate surface area is 168 Å². The zero-order chi connectivity index (χ0) is 20.6. The molecular formula is C19H34N4O4S. The van der Waals surface area contributed by atoms with Gasteiger partial charge < -0.3 is 19.9 Å². The van der Waals surface area contributed by atoms with E-state index in [0.717, 1.165) is 18.5 Å². The molecule has 2 rings (SSSR count). The van der Waals surface area contributed by atoms with E-state index in [-0.39, 0.29) is 0 Å². The van der Waals surface area contributed by atoms with E-state index in [2.05, 4.69) is 34.6 Å². The highest BCUT2D eigenvalue weighted by Gasteiger charge is 2.42. The molecule has 1 aliphatic rings. The molecule has 2 N–H and O–H groups in total. The number of hydrogen-bond donors (Lipinski definition) is 2. The lowest BCUT2D eigenvalue weighted by molar-refractivity contribution is 0.0756. The first-order valence-corrected chi connectivity index (χ1v) is 12.0. The van der Waals surface area contributed by atoms with Gasteiger partial charge in [0.15, 0.2) is 21.6 Å². The van der Waals surface area contributed by atoms with Crippen LogP contribution >= 0.6 is 0 Å². The van der Waals surface area contributed by atoms with E-state index in [0.29, 0.717) is 63.3 Å². The molecule has 0 aromatic carbocycles. The summed E-state index contributed by atoms with van der Waals surface area (Å²) in [6, 6.07) is 1.96. The number of aliphatic imine (C=N–C) groups is 1. The Bertz CT molecular complexity index is 735. The fourth-order valence-electron chi connectivity index (χ4n) is 3.47. The number of guanidine groups is 1. The Balaban J connectivity index is 2.06. The minimum absolute atomic E-state index is 0.302. The summed E-state index contributed by atoms with van der Waals surface area (Å²) in [7, 11) is -3.23. The second kappa shape index (κ2) is 10.2. The second-order valence-electron chi connectivity index (χ2n) is 7.35. The lowest BCUT2D eigenvalue weighted by Gasteiger charge is -2.35. The third-order valence-corrected chi connectivity index (χ3v) is 7.61. The number of nitrogens with zero attached hydrogens (tertiary/aromatic N) is 2. The standard InChI is InChI=1S/C19H34N4O4S/c1-5-15(6-2)17-12-16(27-23-17)13-21-18(20-7-3)22-14-19(28(4,24)25)8-10-26-11-9-19/h12,15H,5-11,13-14H2,1-4H3,(H2,20,21,22). The van der Waals surface area contributed by atoms with Gasteiger partial charge in [0.1, 0.15) is 6.54 Å². The Hall–Kier alpha value is -1.61. The highest BCUT2D eigenvalue weighted by Crippen LogP contribution is 2.28. The number of aromatic nitrogens is 1. The molecule has 28 heavy (non-hydrogen) atoms. The van der Waals surface area contributed by atoms with Crippen LogP contribution in [0.25, 0.3) is 0 Å². The van der Waals surface area contributed by atoms with Crippen molar-refractivity contribution in [2.75, 3.05) is 32.6 Å². The average molecular weight is 415 g/mol. The van der Waals surface area contributed by atoms with Crippen LogP contribution in [0.15, 0.2) is 15.6 Å². The lowest BCUT2D eigenvalue weighted by Crippen LogP contribution is -2.53. The molecule has 0 bridgehead atoms. The smallest absolute Gasteiger partial charge is 0.191 e. The Morgan fingerprint density at radius 3 is 2.50 bits per heavy atom. The highest BCUT2D eigenvalue weighted by atomic mass is 32.2. The van der Waals surface area contributed by atoms with Gasteiger partial charge in [0.05, 0.1) is 10.4 Å². The molecule has 8 nitrogen and oxygen atoms in total. The summed E-state index contributed by atoms with van der Waals surface area (Å²) in [5, 5.41) is 10.5. The molecule has 0 spiro atoms. The number of nitrogens with one attached hydrogen (secondary N) is 2. The van der Waals surface area contributed by atoms with Gasteiger partial charge >= 0.3 is 0 Å². The van der Waals surface area contributed by atoms with Gasteiger partial charge in [0, 0.05) is 44.5 Å². The van der Waals surface area contributed by atoms with E-state index in [1.165, 1.54) is 6.26 Å². The van der Waals surface area contributed by atoms with Crippen LogP contribution in [0.4, 0.5) is 0 Å². The molecule has 0 saturated carbocycles. The molecule has 1 aromatic heterocycles. The SMILES string of the molecule is CCNC(=NCc1cc(C(CC)CC)no1)NCC1(S(C)(=O)=O)CCOCC1. The zero-order valence-corrected chi connectivity index (χ0v) is 18.3. The number of rotatable bonds is 9. The lowest BCUT2D eigenvalue weighted by atomic mass is 9.99. The molecule has 2 heterocycles. The van der Waals surface area contributed by atoms with Crippen molar-refractivity contribution in [3.63, 3.8) is 0 Å². The van der Waals surface area contributed by atoms with Crippen LogP contribution < -0.4 is 10.6 Å². The first-order chi connectivity index (χ1) is 13.3. The van der Waals surface area contributed by atoms with Gasteiger partial charge in [0.2, 0.25) is 0 Å². The summed E-state index contributed by atoms with van der Waals surface area (Å²) >= 11 is 0. The summed E-state index contributed by atoms with van der Waals surface area (Å²) in [4.78, 5) is 4.54. The molecule has 0 radical (unpaired) electrons. The average Bonchev–Trinajstić information content (AvgIpc) is 3.14. The molecule has 0 unspecified atom stereocenters. The van der Waals surface area contributed by atoms with Crippen LogP contribution in [0.5, 0.6) is 0 Å². The van der Waals surface area contributed by atoms with Crippen molar-refractivity contribution in [2.24, 2.45) is 4.99 Å². The van der Waals surface area contributed by atoms with Crippen molar-refractivity contribution in [2.45, 2.75) is 63.7 Å². The Morgan fingerprint density at radius 2 is 1.93 bits per heavy atom. The van der Waals surface area contributed by atoms with Crippen molar-refractivity contribution in [1.82, 2.24) is 15.8 Å². The monoisotopic (exact) mass is 414 g/mol. The van der Waals surface area contributed by atoms with Gasteiger partial charge in [-0.2, -0.15) is 0 Å². The van der Waals surface area contributed by atoms with Gasteiger partial charge in [-0.3, -0.25) is 0 Å². The van der Waals surface area contributed by atoms with E-state index < -0.39 is 14.6 Å². The van der Waals surface area contributed by atoms with Crippen LogP contribution in [0, 0.1) is 0 Å². The number of hydrogen-bond acceptors (Lipinski definition) is 6. The van der Waals surface area contributed by atoms with E-state index >= 15 is 0 Å². The fourth-order valence-corrected chi connectivity index (χ4v) is 4.71. The van der Waals surface area contributed by atoms with E-state index in [4.69, 9.17) is 9.26 Å². The molecular weight excluding hydrogens is 380 g/mol. The predicted molar refractivity (Wildman–Crippen MR) is 110 cm³/mol. The van der Waals surface area contributed by atoms with Crippen molar-refractivity contribution >= 4 is 15.8 Å². The van der Waals surface area contributed by atoms with Gasteiger partial charge in [-0.25, -0.2) is 13.4 Å². The summed E-state index contributed by atoms with van der Waals surface area (Å²) < 4.78 is 34.8. The van der Waals surface area contributed by atoms with Crippen LogP contribution in [-0.4, -0.2) is 56.8 Å². The summed E-state index contributed by atoms with van der Waals surface area (Å²) in [5.74, 6) is 1.66. The van der Waals surface area contributed by atoms with Crippen molar-refractivity contribution in [1.29, 1.82) is 0 Å². The maximum Gasteiger partial charge on any atom is 0.191 e. The fraction of sp³-hybridized carbons (Fsp3) is 0.789. The second-order valence-corrected chi connectivity index (χ2v) is 9.76. The molecule has 0 amide bonds. The zero-order valence-electron chi connectivity index (χ0n) is 17.5. The number of ether oxygens (including phenoxy) is 1. The van der Waals surface area contributed by atoms with Crippen LogP contribution in [-0.2, 0) is 21.1 Å². The Kier molecular flexibility index (Phi) is 8.30. The molecule has 0 atom stereocenters. The van der Waals surface area contributed by atoms with Gasteiger partial charge in [-0.15, -0.1) is 0 Å². The molecule has 9 heteroatoms. The maximum absolute atomic E-state index is 12.4. The third kappa shape index (κ3) is 5.70. The van der Waals surface area contributed by atoms with E-state index in [1.807, 2.05) is 13.0 Å². The van der Waals surface area contributed by atoms with Gasteiger partial charge in [0.25, 0.3) is 0 Å². The third-order valence-electron chi connectivity index (χ3n) is 5.49. The van der Waals surface area contributed by atoms with Crippen LogP contribution in [0.3, 0.4) is 0 Å². The predicted octanol–water partition coefficient (Wildman–Crippen LogP) is 2.23. The molecule has 0 aliphatic carbocycles. The topological polar surface area (TPSA) is 106 Å². The Morgan fingerprint density at radius 1 is 1.25 bits per heavy atom. The van der Waals surface area contributed by atoms with Crippen molar-refractivity contribution in [3.8, 4) is 0 Å². The maximum atomic E-state index is 12.4. The largest absolute Gasteiger partial charge is 0.381 e. The quantitative estimate of drug-likeness (QED) is 0.471. The summed E-state index contributed by atoms with van der Waals surface area (Å²) in [6.07, 6.45) is 4.32. The molecule has 1 saturated heterocycles. The molecule has 160 valence electrons. The van der Waals surface area contributed by atoms with Gasteiger partial charge in [-0.05, 0) is 32.6 Å². The number of sulfone groups is 1. The normalized spacial score (nSPS) is 17.7. The minimum atomic E-state index is -3.23. The van der Waals surface area contributed by atoms with Crippen LogP contribution in [0.1, 0.15) is 63.8 Å². The van der Waals surface area contributed by atoms with E-state index in [1.54, 1.807) is 0 Å². The van der Waals surface area contributed by atoms with E-state index in [9.17, 15) is 8.42 Å². The molecule has 1 fully saturated rings. The minimum Gasteiger partial charge on any atom is -0.381 e. The summed E-state index contributed by atoms with van der Waals surface area (Å²) in [5.41, 5.74) is 0.964. The first-order valence-electron chi connectivity index (χ1n) is 10.1. The molecule has 1 aliphatic heterocycles. The molecule has 1 aromatic rings. The van der Waals surface area contributed by atoms with Crippen molar-refractivity contribution in [3.05, 3.63) is 17.5 Å². The van der Waals surface area contributed by atoms with Crippen LogP contribution in [0.2, 0.25) is 0 Å². The van der Waals surface area contributed by atoms with Crippen molar-refractivity contribution < 1.29 is 17.7 Å². The highest BCUT2D eigenvalue weighted by molar-refractivity contribution is 7.92.